The summed E-state index contributed by atoms with van der Waals surface area (Å²) in [5.41, 5.74) is 8.11. The van der Waals surface area contributed by atoms with Crippen LogP contribution in [0.4, 0.5) is 0 Å². The molecule has 1 aromatic carbocycles. The van der Waals surface area contributed by atoms with Gasteiger partial charge in [-0.2, -0.15) is 0 Å². The molecule has 1 aliphatic rings. The number of aromatic nitrogens is 2. The Hall–Kier alpha value is -1.81. The van der Waals surface area contributed by atoms with Gasteiger partial charge >= 0.3 is 0 Å². The second-order valence-corrected chi connectivity index (χ2v) is 4.83. The monoisotopic (exact) mass is 243 g/mol. The van der Waals surface area contributed by atoms with Crippen LogP contribution in [0.3, 0.4) is 0 Å². The van der Waals surface area contributed by atoms with Crippen LogP contribution in [0.25, 0.3) is 0 Å². The standard InChI is InChI=1S/C14H17N3O/c1-17-8-13(16-9-17)14(15)10-2-4-11(5-3-10)18-12-6-7-12/h2-5,8-9,12,14H,6-7,15H2,1H3. The lowest BCUT2D eigenvalue weighted by Gasteiger charge is -2.10. The summed E-state index contributed by atoms with van der Waals surface area (Å²) < 4.78 is 7.61. The molecule has 1 unspecified atom stereocenters. The molecular weight excluding hydrogens is 226 g/mol. The fourth-order valence-electron chi connectivity index (χ4n) is 1.90. The first kappa shape index (κ1) is 11.3. The average Bonchev–Trinajstić information content (AvgIpc) is 3.09. The van der Waals surface area contributed by atoms with Crippen molar-refractivity contribution >= 4 is 0 Å². The molecule has 2 aromatic rings. The quantitative estimate of drug-likeness (QED) is 0.893. The predicted octanol–water partition coefficient (Wildman–Crippen LogP) is 2.01. The van der Waals surface area contributed by atoms with Crippen molar-refractivity contribution in [1.29, 1.82) is 0 Å². The Bertz CT molecular complexity index is 528. The van der Waals surface area contributed by atoms with Gasteiger partial charge in [0.25, 0.3) is 0 Å². The molecule has 4 nitrogen and oxygen atoms in total. The smallest absolute Gasteiger partial charge is 0.119 e. The van der Waals surface area contributed by atoms with Crippen LogP contribution in [0.1, 0.15) is 30.1 Å². The minimum absolute atomic E-state index is 0.179. The molecule has 4 heteroatoms. The lowest BCUT2D eigenvalue weighted by molar-refractivity contribution is 0.303. The molecule has 3 rings (SSSR count). The zero-order valence-corrected chi connectivity index (χ0v) is 10.4. The summed E-state index contributed by atoms with van der Waals surface area (Å²) in [5.74, 6) is 0.925. The first-order chi connectivity index (χ1) is 8.72. The summed E-state index contributed by atoms with van der Waals surface area (Å²) in [5, 5.41) is 0. The van der Waals surface area contributed by atoms with Crippen molar-refractivity contribution in [2.75, 3.05) is 0 Å². The molecule has 0 bridgehead atoms. The topological polar surface area (TPSA) is 53.1 Å². The second-order valence-electron chi connectivity index (χ2n) is 4.83. The number of benzene rings is 1. The van der Waals surface area contributed by atoms with Crippen LogP contribution in [0.15, 0.2) is 36.8 Å². The Kier molecular flexibility index (Phi) is 2.80. The van der Waals surface area contributed by atoms with Crippen LogP contribution >= 0.6 is 0 Å². The van der Waals surface area contributed by atoms with Crippen LogP contribution in [-0.2, 0) is 7.05 Å². The largest absolute Gasteiger partial charge is 0.490 e. The van der Waals surface area contributed by atoms with Crippen LogP contribution in [0.5, 0.6) is 5.75 Å². The third kappa shape index (κ3) is 2.38. The number of imidazole rings is 1. The maximum atomic E-state index is 6.18. The minimum atomic E-state index is -0.179. The number of nitrogens with two attached hydrogens (primary N) is 1. The van der Waals surface area contributed by atoms with E-state index in [-0.39, 0.29) is 6.04 Å². The molecule has 1 fully saturated rings. The van der Waals surface area contributed by atoms with Gasteiger partial charge in [-0.1, -0.05) is 12.1 Å². The van der Waals surface area contributed by atoms with Gasteiger partial charge in [0.05, 0.1) is 24.2 Å². The highest BCUT2D eigenvalue weighted by Gasteiger charge is 2.23. The van der Waals surface area contributed by atoms with Crippen molar-refractivity contribution in [2.45, 2.75) is 25.0 Å². The number of ether oxygens (including phenoxy) is 1. The summed E-state index contributed by atoms with van der Waals surface area (Å²) in [4.78, 5) is 4.28. The van der Waals surface area contributed by atoms with Gasteiger partial charge in [0.15, 0.2) is 0 Å². The van der Waals surface area contributed by atoms with Gasteiger partial charge in [-0.3, -0.25) is 0 Å². The number of hydrogen-bond donors (Lipinski definition) is 1. The molecule has 0 amide bonds. The van der Waals surface area contributed by atoms with Crippen molar-refractivity contribution in [2.24, 2.45) is 12.8 Å². The summed E-state index contributed by atoms with van der Waals surface area (Å²) in [6, 6.07) is 7.81. The van der Waals surface area contributed by atoms with E-state index in [0.717, 1.165) is 17.0 Å². The van der Waals surface area contributed by atoms with Gasteiger partial charge in [-0.25, -0.2) is 4.98 Å². The highest BCUT2D eigenvalue weighted by molar-refractivity contribution is 5.32. The minimum Gasteiger partial charge on any atom is -0.490 e. The lowest BCUT2D eigenvalue weighted by Crippen LogP contribution is -2.12. The van der Waals surface area contributed by atoms with Gasteiger partial charge < -0.3 is 15.0 Å². The summed E-state index contributed by atoms with van der Waals surface area (Å²) in [6.07, 6.45) is 6.49. The molecule has 0 aliphatic heterocycles. The highest BCUT2D eigenvalue weighted by atomic mass is 16.5. The molecule has 18 heavy (non-hydrogen) atoms. The second kappa shape index (κ2) is 4.46. The SMILES string of the molecule is Cn1cnc(C(N)c2ccc(OC3CC3)cc2)c1. The van der Waals surface area contributed by atoms with Crippen LogP contribution in [-0.4, -0.2) is 15.7 Å². The van der Waals surface area contributed by atoms with Crippen LogP contribution < -0.4 is 10.5 Å². The Morgan fingerprint density at radius 2 is 2.06 bits per heavy atom. The third-order valence-corrected chi connectivity index (χ3v) is 3.11. The average molecular weight is 243 g/mol. The molecule has 2 N–H and O–H groups in total. The van der Waals surface area contributed by atoms with E-state index < -0.39 is 0 Å². The zero-order valence-electron chi connectivity index (χ0n) is 10.4. The third-order valence-electron chi connectivity index (χ3n) is 3.11. The Morgan fingerprint density at radius 3 is 2.61 bits per heavy atom. The summed E-state index contributed by atoms with van der Waals surface area (Å²) >= 11 is 0. The molecule has 94 valence electrons. The van der Waals surface area contributed by atoms with Crippen LogP contribution in [0, 0.1) is 0 Å². The summed E-state index contributed by atoms with van der Waals surface area (Å²) in [7, 11) is 1.94. The van der Waals surface area contributed by atoms with Crippen molar-refractivity contribution in [1.82, 2.24) is 9.55 Å². The van der Waals surface area contributed by atoms with Gasteiger partial charge in [0.1, 0.15) is 5.75 Å². The maximum Gasteiger partial charge on any atom is 0.119 e. The van der Waals surface area contributed by atoms with Crippen LogP contribution in [0.2, 0.25) is 0 Å². The predicted molar refractivity (Wildman–Crippen MR) is 69.3 cm³/mol. The highest BCUT2D eigenvalue weighted by Crippen LogP contribution is 2.28. The van der Waals surface area contributed by atoms with Gasteiger partial charge in [-0.15, -0.1) is 0 Å². The van der Waals surface area contributed by atoms with Gasteiger partial charge in [0.2, 0.25) is 0 Å². The summed E-state index contributed by atoms with van der Waals surface area (Å²) in [6.45, 7) is 0. The Morgan fingerprint density at radius 1 is 1.33 bits per heavy atom. The number of rotatable bonds is 4. The molecule has 1 aliphatic carbocycles. The van der Waals surface area contributed by atoms with Gasteiger partial charge in [-0.05, 0) is 30.5 Å². The van der Waals surface area contributed by atoms with E-state index in [1.807, 2.05) is 42.1 Å². The van der Waals surface area contributed by atoms with E-state index in [0.29, 0.717) is 6.10 Å². The molecule has 1 atom stereocenters. The normalized spacial score (nSPS) is 16.6. The number of aryl methyl sites for hydroxylation is 1. The Labute approximate surface area is 106 Å². The Balaban J connectivity index is 1.74. The van der Waals surface area contributed by atoms with Crippen molar-refractivity contribution in [3.05, 3.63) is 48.0 Å². The fraction of sp³-hybridized carbons (Fsp3) is 0.357. The fourth-order valence-corrected chi connectivity index (χ4v) is 1.90. The van der Waals surface area contributed by atoms with Gasteiger partial charge in [0, 0.05) is 13.2 Å². The molecule has 1 heterocycles. The van der Waals surface area contributed by atoms with E-state index in [9.17, 15) is 0 Å². The molecule has 1 aromatic heterocycles. The maximum absolute atomic E-state index is 6.18. The van der Waals surface area contributed by atoms with E-state index in [4.69, 9.17) is 10.5 Å². The van der Waals surface area contributed by atoms with Crippen molar-refractivity contribution in [3.63, 3.8) is 0 Å². The molecule has 0 spiro atoms. The first-order valence-corrected chi connectivity index (χ1v) is 6.22. The zero-order chi connectivity index (χ0) is 12.5. The van der Waals surface area contributed by atoms with E-state index >= 15 is 0 Å². The molecule has 0 radical (unpaired) electrons. The van der Waals surface area contributed by atoms with E-state index in [1.54, 1.807) is 6.33 Å². The van der Waals surface area contributed by atoms with Crippen molar-refractivity contribution < 1.29 is 4.74 Å². The first-order valence-electron chi connectivity index (χ1n) is 6.22. The molecule has 0 saturated heterocycles. The lowest BCUT2D eigenvalue weighted by atomic mass is 10.1. The van der Waals surface area contributed by atoms with E-state index in [2.05, 4.69) is 4.98 Å². The number of nitrogens with zero attached hydrogens (tertiary/aromatic N) is 2. The molecule has 1 saturated carbocycles. The number of hydrogen-bond acceptors (Lipinski definition) is 3. The molecular formula is C14H17N3O. The van der Waals surface area contributed by atoms with E-state index in [1.165, 1.54) is 12.8 Å². The van der Waals surface area contributed by atoms with Crippen molar-refractivity contribution in [3.8, 4) is 5.75 Å².